The Bertz CT molecular complexity index is 748. The second-order valence-corrected chi connectivity index (χ2v) is 12.8. The van der Waals surface area contributed by atoms with Crippen molar-refractivity contribution in [1.29, 1.82) is 0 Å². The van der Waals surface area contributed by atoms with Gasteiger partial charge in [0.15, 0.2) is 0 Å². The van der Waals surface area contributed by atoms with Crippen LogP contribution in [-0.2, 0) is 14.3 Å². The van der Waals surface area contributed by atoms with Crippen molar-refractivity contribution in [3.8, 4) is 0 Å². The second-order valence-electron chi connectivity index (χ2n) is 9.87. The maximum absolute atomic E-state index is 13.0. The van der Waals surface area contributed by atoms with Crippen molar-refractivity contribution in [2.75, 3.05) is 13.7 Å². The SMILES string of the molecule is COC(=O)C(CC(O)CC1CCCCN1C(=O)OC(C)(C)C)([Se]c1ccccc1)C(C)C. The molecule has 1 aliphatic rings. The predicted octanol–water partition coefficient (Wildman–Crippen LogP) is 3.93. The first kappa shape index (κ1) is 26.7. The van der Waals surface area contributed by atoms with Gasteiger partial charge in [-0.1, -0.05) is 0 Å². The van der Waals surface area contributed by atoms with Crippen molar-refractivity contribution in [2.24, 2.45) is 5.92 Å². The van der Waals surface area contributed by atoms with Gasteiger partial charge in [-0.2, -0.15) is 0 Å². The summed E-state index contributed by atoms with van der Waals surface area (Å²) in [5, 5.41) is 11.2. The van der Waals surface area contributed by atoms with Gasteiger partial charge in [0, 0.05) is 0 Å². The number of carbonyl (C=O) groups is 2. The van der Waals surface area contributed by atoms with E-state index in [9.17, 15) is 14.7 Å². The molecule has 0 aliphatic carbocycles. The molecule has 2 rings (SSSR count). The van der Waals surface area contributed by atoms with Gasteiger partial charge >= 0.3 is 199 Å². The molecule has 1 heterocycles. The van der Waals surface area contributed by atoms with Crippen LogP contribution >= 0.6 is 0 Å². The van der Waals surface area contributed by atoms with Crippen molar-refractivity contribution in [3.05, 3.63) is 30.3 Å². The topological polar surface area (TPSA) is 76.1 Å². The maximum atomic E-state index is 13.0. The first-order valence-corrected chi connectivity index (χ1v) is 13.2. The van der Waals surface area contributed by atoms with E-state index in [1.807, 2.05) is 65.0 Å². The minimum atomic E-state index is -0.784. The quantitative estimate of drug-likeness (QED) is 0.422. The van der Waals surface area contributed by atoms with Gasteiger partial charge in [-0.3, -0.25) is 0 Å². The van der Waals surface area contributed by atoms with Crippen LogP contribution in [0.3, 0.4) is 0 Å². The number of nitrogens with zero attached hydrogens (tertiary/aromatic N) is 1. The van der Waals surface area contributed by atoms with Crippen LogP contribution in [0.4, 0.5) is 4.79 Å². The van der Waals surface area contributed by atoms with E-state index in [0.29, 0.717) is 19.4 Å². The summed E-state index contributed by atoms with van der Waals surface area (Å²) in [6, 6.07) is 9.85. The molecule has 1 aliphatic heterocycles. The molecule has 3 atom stereocenters. The molecule has 3 unspecified atom stereocenters. The number of aliphatic hydroxyl groups excluding tert-OH is 1. The number of rotatable bonds is 8. The van der Waals surface area contributed by atoms with Crippen molar-refractivity contribution >= 4 is 31.5 Å². The van der Waals surface area contributed by atoms with Gasteiger partial charge in [0.1, 0.15) is 0 Å². The van der Waals surface area contributed by atoms with Crippen LogP contribution in [-0.4, -0.2) is 68.4 Å². The van der Waals surface area contributed by atoms with E-state index < -0.39 is 16.0 Å². The number of hydrogen-bond acceptors (Lipinski definition) is 5. The Hall–Kier alpha value is -1.56. The van der Waals surface area contributed by atoms with E-state index in [0.717, 1.165) is 23.7 Å². The van der Waals surface area contributed by atoms with Crippen LogP contribution in [0.2, 0.25) is 4.31 Å². The van der Waals surface area contributed by atoms with Crippen LogP contribution in [0, 0.1) is 5.92 Å². The Morgan fingerprint density at radius 1 is 1.19 bits per heavy atom. The van der Waals surface area contributed by atoms with Gasteiger partial charge in [0.05, 0.1) is 0 Å². The molecular weight excluding hydrogens is 473 g/mol. The number of likely N-dealkylation sites (tertiary alicyclic amines) is 1. The molecule has 1 aromatic rings. The molecule has 1 N–H and O–H groups in total. The molecule has 1 saturated heterocycles. The van der Waals surface area contributed by atoms with E-state index in [2.05, 4.69) is 0 Å². The zero-order chi connectivity index (χ0) is 23.9. The van der Waals surface area contributed by atoms with Gasteiger partial charge in [-0.25, -0.2) is 0 Å². The third-order valence-electron chi connectivity index (χ3n) is 5.84. The fourth-order valence-electron chi connectivity index (χ4n) is 4.18. The number of aliphatic hydroxyl groups is 1. The Morgan fingerprint density at radius 2 is 1.84 bits per heavy atom. The van der Waals surface area contributed by atoms with E-state index in [-0.39, 0.29) is 39.0 Å². The number of amides is 1. The summed E-state index contributed by atoms with van der Waals surface area (Å²) in [6.45, 7) is 10.2. The summed E-state index contributed by atoms with van der Waals surface area (Å²) in [5.41, 5.74) is -0.562. The van der Waals surface area contributed by atoms with Gasteiger partial charge in [-0.05, 0) is 0 Å². The number of hydrogen-bond donors (Lipinski definition) is 1. The van der Waals surface area contributed by atoms with Crippen molar-refractivity contribution < 1.29 is 24.2 Å². The first-order chi connectivity index (χ1) is 15.0. The standard InChI is InChI=1S/C25H39NO5Se/c1-18(2)25(22(28)30-6,32-21-13-8-7-9-14-21)17-20(27)16-19-12-10-11-15-26(19)23(29)31-24(3,4)5/h7-9,13-14,18-20,27H,10-12,15-17H2,1-6H3. The molecule has 0 aromatic heterocycles. The fraction of sp³-hybridized carbons (Fsp3) is 0.680. The van der Waals surface area contributed by atoms with Crippen molar-refractivity contribution in [1.82, 2.24) is 4.90 Å². The van der Waals surface area contributed by atoms with E-state index >= 15 is 0 Å². The molecule has 0 radical (unpaired) electrons. The van der Waals surface area contributed by atoms with Crippen LogP contribution in [0.5, 0.6) is 0 Å². The Labute approximate surface area is 199 Å². The summed E-state index contributed by atoms with van der Waals surface area (Å²) in [6.07, 6.45) is 2.45. The average molecular weight is 513 g/mol. The minimum absolute atomic E-state index is 0.00174. The molecule has 180 valence electrons. The monoisotopic (exact) mass is 513 g/mol. The van der Waals surface area contributed by atoms with Gasteiger partial charge in [-0.15, -0.1) is 0 Å². The Kier molecular flexibility index (Phi) is 9.62. The zero-order valence-electron chi connectivity index (χ0n) is 20.3. The molecular formula is C25H39NO5Se. The van der Waals surface area contributed by atoms with E-state index in [4.69, 9.17) is 9.47 Å². The fourth-order valence-corrected chi connectivity index (χ4v) is 7.10. The van der Waals surface area contributed by atoms with Crippen LogP contribution < -0.4 is 4.46 Å². The molecule has 6 nitrogen and oxygen atoms in total. The number of ether oxygens (including phenoxy) is 2. The molecule has 0 spiro atoms. The summed E-state index contributed by atoms with van der Waals surface area (Å²) in [4.78, 5) is 27.5. The zero-order valence-corrected chi connectivity index (χ0v) is 22.0. The molecule has 32 heavy (non-hydrogen) atoms. The number of esters is 1. The van der Waals surface area contributed by atoms with Gasteiger partial charge in [0.25, 0.3) is 0 Å². The van der Waals surface area contributed by atoms with E-state index in [1.54, 1.807) is 4.90 Å². The molecule has 0 saturated carbocycles. The van der Waals surface area contributed by atoms with Crippen LogP contribution in [0.1, 0.15) is 66.7 Å². The van der Waals surface area contributed by atoms with Crippen molar-refractivity contribution in [2.45, 2.75) is 88.8 Å². The Balaban J connectivity index is 2.19. The van der Waals surface area contributed by atoms with Crippen LogP contribution in [0.15, 0.2) is 30.3 Å². The van der Waals surface area contributed by atoms with Crippen molar-refractivity contribution in [3.63, 3.8) is 0 Å². The van der Waals surface area contributed by atoms with Gasteiger partial charge in [0.2, 0.25) is 0 Å². The first-order valence-electron chi connectivity index (χ1n) is 11.5. The second kappa shape index (κ2) is 11.5. The third-order valence-corrected chi connectivity index (χ3v) is 9.36. The summed E-state index contributed by atoms with van der Waals surface area (Å²) in [5.74, 6) is -0.277. The number of methoxy groups -OCH3 is 1. The average Bonchev–Trinajstić information content (AvgIpc) is 2.72. The summed E-state index contributed by atoms with van der Waals surface area (Å²) in [7, 11) is 1.41. The normalized spacial score (nSPS) is 19.9. The summed E-state index contributed by atoms with van der Waals surface area (Å²) >= 11 is -0.214. The van der Waals surface area contributed by atoms with Gasteiger partial charge < -0.3 is 0 Å². The van der Waals surface area contributed by atoms with E-state index in [1.165, 1.54) is 7.11 Å². The number of carbonyl (C=O) groups excluding carboxylic acids is 2. The summed E-state index contributed by atoms with van der Waals surface area (Å²) < 4.78 is 11.1. The van der Waals surface area contributed by atoms with Crippen LogP contribution in [0.25, 0.3) is 0 Å². The number of piperidine rings is 1. The molecule has 1 fully saturated rings. The molecule has 0 bridgehead atoms. The molecule has 7 heteroatoms. The molecule has 1 aromatic carbocycles. The third kappa shape index (κ3) is 7.23. The Morgan fingerprint density at radius 3 is 2.41 bits per heavy atom. The molecule has 1 amide bonds. The number of benzene rings is 1. The predicted molar refractivity (Wildman–Crippen MR) is 127 cm³/mol.